The summed E-state index contributed by atoms with van der Waals surface area (Å²) in [6, 6.07) is 14.6. The number of carbonyl (C=O) groups is 1. The van der Waals surface area contributed by atoms with Crippen LogP contribution in [0, 0.1) is 0 Å². The smallest absolute Gasteiger partial charge is 0.260 e. The summed E-state index contributed by atoms with van der Waals surface area (Å²) < 4.78 is 0. The molecule has 0 radical (unpaired) electrons. The molecule has 0 saturated carbocycles. The van der Waals surface area contributed by atoms with Gasteiger partial charge in [0.1, 0.15) is 0 Å². The van der Waals surface area contributed by atoms with Crippen molar-refractivity contribution in [3.05, 3.63) is 69.7 Å². The van der Waals surface area contributed by atoms with E-state index < -0.39 is 0 Å². The quantitative estimate of drug-likeness (QED) is 0.611. The lowest BCUT2D eigenvalue weighted by Gasteiger charge is -2.04. The van der Waals surface area contributed by atoms with Crippen LogP contribution in [0.3, 0.4) is 0 Å². The van der Waals surface area contributed by atoms with Gasteiger partial charge in [-0.1, -0.05) is 52.6 Å². The molecule has 0 aliphatic carbocycles. The Kier molecular flexibility index (Phi) is 6.91. The first-order valence-electron chi connectivity index (χ1n) is 7.05. The van der Waals surface area contributed by atoms with Crippen LogP contribution in [0.4, 0.5) is 0 Å². The molecule has 6 heteroatoms. The number of hydrogen-bond acceptors (Lipinski definition) is 3. The second kappa shape index (κ2) is 9.18. The largest absolute Gasteiger partial charge is 0.386 e. The number of hydrogen-bond donors (Lipinski definition) is 1. The van der Waals surface area contributed by atoms with Crippen LogP contribution in [0.2, 0.25) is 10.0 Å². The number of benzene rings is 2. The van der Waals surface area contributed by atoms with Crippen LogP contribution in [0.1, 0.15) is 11.1 Å². The number of rotatable bonds is 7. The van der Waals surface area contributed by atoms with Crippen LogP contribution < -0.4 is 5.32 Å². The van der Waals surface area contributed by atoms with Crippen LogP contribution in [0.5, 0.6) is 0 Å². The molecular formula is C17H16Cl2N2O2. The SMILES string of the molecule is O=C(CO/N=C\c1ccc(Cl)cc1)NCCc1ccc(Cl)cc1. The van der Waals surface area contributed by atoms with Gasteiger partial charge in [-0.25, -0.2) is 0 Å². The van der Waals surface area contributed by atoms with Gasteiger partial charge in [0.2, 0.25) is 0 Å². The maximum Gasteiger partial charge on any atom is 0.260 e. The van der Waals surface area contributed by atoms with Gasteiger partial charge in [0, 0.05) is 16.6 Å². The van der Waals surface area contributed by atoms with Crippen molar-refractivity contribution in [2.24, 2.45) is 5.16 Å². The predicted octanol–water partition coefficient (Wildman–Crippen LogP) is 3.70. The molecule has 2 aromatic rings. The average Bonchev–Trinajstić information content (AvgIpc) is 2.55. The Bertz CT molecular complexity index is 655. The third-order valence-electron chi connectivity index (χ3n) is 2.99. The van der Waals surface area contributed by atoms with Gasteiger partial charge in [-0.2, -0.15) is 0 Å². The zero-order valence-corrected chi connectivity index (χ0v) is 13.8. The van der Waals surface area contributed by atoms with Gasteiger partial charge >= 0.3 is 0 Å². The van der Waals surface area contributed by atoms with Gasteiger partial charge in [0.25, 0.3) is 5.91 Å². The summed E-state index contributed by atoms with van der Waals surface area (Å²) in [5.74, 6) is -0.216. The lowest BCUT2D eigenvalue weighted by molar-refractivity contribution is -0.125. The number of oxime groups is 1. The van der Waals surface area contributed by atoms with Crippen LogP contribution in [0.25, 0.3) is 0 Å². The normalized spacial score (nSPS) is 10.7. The van der Waals surface area contributed by atoms with Crippen molar-refractivity contribution in [2.75, 3.05) is 13.2 Å². The summed E-state index contributed by atoms with van der Waals surface area (Å²) >= 11 is 11.6. The van der Waals surface area contributed by atoms with Crippen molar-refractivity contribution in [3.63, 3.8) is 0 Å². The highest BCUT2D eigenvalue weighted by Gasteiger charge is 2.01. The summed E-state index contributed by atoms with van der Waals surface area (Å²) in [4.78, 5) is 16.5. The minimum Gasteiger partial charge on any atom is -0.386 e. The topological polar surface area (TPSA) is 50.7 Å². The summed E-state index contributed by atoms with van der Waals surface area (Å²) in [6.07, 6.45) is 2.26. The van der Waals surface area contributed by atoms with Crippen LogP contribution in [-0.4, -0.2) is 25.3 Å². The molecule has 0 fully saturated rings. The number of halogens is 2. The number of carbonyl (C=O) groups excluding carboxylic acids is 1. The molecule has 0 saturated heterocycles. The van der Waals surface area contributed by atoms with Crippen LogP contribution in [-0.2, 0) is 16.1 Å². The van der Waals surface area contributed by atoms with E-state index in [1.54, 1.807) is 24.3 Å². The molecule has 0 atom stereocenters. The van der Waals surface area contributed by atoms with E-state index in [0.29, 0.717) is 16.6 Å². The lowest BCUT2D eigenvalue weighted by Crippen LogP contribution is -2.28. The Hall–Kier alpha value is -2.04. The minimum absolute atomic E-state index is 0.120. The minimum atomic E-state index is -0.216. The average molecular weight is 351 g/mol. The van der Waals surface area contributed by atoms with Gasteiger partial charge in [-0.05, 0) is 41.8 Å². The highest BCUT2D eigenvalue weighted by Crippen LogP contribution is 2.09. The molecule has 0 spiro atoms. The standard InChI is InChI=1S/C17H16Cl2N2O2/c18-15-5-1-13(2-6-15)9-10-20-17(22)12-23-21-11-14-3-7-16(19)8-4-14/h1-8,11H,9-10,12H2,(H,20,22)/b21-11-. The molecule has 0 bridgehead atoms. The number of nitrogens with zero attached hydrogens (tertiary/aromatic N) is 1. The van der Waals surface area contributed by atoms with Crippen molar-refractivity contribution < 1.29 is 9.63 Å². The Labute approximate surface area is 145 Å². The molecule has 2 rings (SSSR count). The van der Waals surface area contributed by atoms with E-state index in [1.165, 1.54) is 6.21 Å². The highest BCUT2D eigenvalue weighted by molar-refractivity contribution is 6.30. The van der Waals surface area contributed by atoms with Crippen LogP contribution in [0.15, 0.2) is 53.7 Å². The van der Waals surface area contributed by atoms with Gasteiger partial charge in [0.15, 0.2) is 6.61 Å². The van der Waals surface area contributed by atoms with E-state index in [9.17, 15) is 4.79 Å². The molecule has 0 aliphatic rings. The molecule has 1 amide bonds. The van der Waals surface area contributed by atoms with E-state index >= 15 is 0 Å². The lowest BCUT2D eigenvalue weighted by atomic mass is 10.1. The molecule has 0 heterocycles. The fourth-order valence-corrected chi connectivity index (χ4v) is 2.04. The van der Waals surface area contributed by atoms with Crippen molar-refractivity contribution in [2.45, 2.75) is 6.42 Å². The monoisotopic (exact) mass is 350 g/mol. The summed E-state index contributed by atoms with van der Waals surface area (Å²) in [5.41, 5.74) is 1.95. The molecule has 2 aromatic carbocycles. The fraction of sp³-hybridized carbons (Fsp3) is 0.176. The second-order valence-electron chi connectivity index (χ2n) is 4.79. The number of nitrogens with one attached hydrogen (secondary N) is 1. The second-order valence-corrected chi connectivity index (χ2v) is 5.66. The van der Waals surface area contributed by atoms with Gasteiger partial charge in [-0.3, -0.25) is 4.79 Å². The first-order chi connectivity index (χ1) is 11.1. The van der Waals surface area contributed by atoms with E-state index in [2.05, 4.69) is 10.5 Å². The molecule has 0 unspecified atom stereocenters. The summed E-state index contributed by atoms with van der Waals surface area (Å²) in [5, 5.41) is 7.86. The number of amides is 1. The van der Waals surface area contributed by atoms with Gasteiger partial charge in [-0.15, -0.1) is 0 Å². The van der Waals surface area contributed by atoms with Crippen molar-refractivity contribution in [1.29, 1.82) is 0 Å². The van der Waals surface area contributed by atoms with E-state index in [-0.39, 0.29) is 12.5 Å². The fourth-order valence-electron chi connectivity index (χ4n) is 1.79. The van der Waals surface area contributed by atoms with Crippen LogP contribution >= 0.6 is 23.2 Å². The molecule has 0 aromatic heterocycles. The summed E-state index contributed by atoms with van der Waals surface area (Å²) in [6.45, 7) is 0.412. The van der Waals surface area contributed by atoms with E-state index in [0.717, 1.165) is 17.5 Å². The summed E-state index contributed by atoms with van der Waals surface area (Å²) in [7, 11) is 0. The molecule has 0 aliphatic heterocycles. The maximum atomic E-state index is 11.6. The molecule has 4 nitrogen and oxygen atoms in total. The predicted molar refractivity (Wildman–Crippen MR) is 93.2 cm³/mol. The third-order valence-corrected chi connectivity index (χ3v) is 3.50. The molecular weight excluding hydrogens is 335 g/mol. The molecule has 1 N–H and O–H groups in total. The van der Waals surface area contributed by atoms with E-state index in [1.807, 2.05) is 24.3 Å². The van der Waals surface area contributed by atoms with Gasteiger partial charge in [0.05, 0.1) is 6.21 Å². The zero-order chi connectivity index (χ0) is 16.5. The molecule has 120 valence electrons. The Morgan fingerprint density at radius 3 is 2.30 bits per heavy atom. The van der Waals surface area contributed by atoms with Gasteiger partial charge < -0.3 is 10.2 Å². The first-order valence-corrected chi connectivity index (χ1v) is 7.81. The Morgan fingerprint density at radius 2 is 1.65 bits per heavy atom. The Morgan fingerprint density at radius 1 is 1.04 bits per heavy atom. The third kappa shape index (κ3) is 6.72. The van der Waals surface area contributed by atoms with Crippen molar-refractivity contribution in [1.82, 2.24) is 5.32 Å². The van der Waals surface area contributed by atoms with E-state index in [4.69, 9.17) is 28.0 Å². The van der Waals surface area contributed by atoms with Crippen molar-refractivity contribution >= 4 is 35.3 Å². The van der Waals surface area contributed by atoms with Crippen molar-refractivity contribution in [3.8, 4) is 0 Å². The maximum absolute atomic E-state index is 11.6. The molecule has 23 heavy (non-hydrogen) atoms. The zero-order valence-electron chi connectivity index (χ0n) is 12.3. The first kappa shape index (κ1) is 17.3. The Balaban J connectivity index is 1.63. The highest BCUT2D eigenvalue weighted by atomic mass is 35.5.